The van der Waals surface area contributed by atoms with Gasteiger partial charge in [0.15, 0.2) is 11.3 Å². The molecule has 0 atom stereocenters. The van der Waals surface area contributed by atoms with Crippen molar-refractivity contribution in [2.45, 2.75) is 0 Å². The minimum absolute atomic E-state index is 0.0490. The molecule has 0 N–H and O–H groups in total. The second kappa shape index (κ2) is 3.48. The largest absolute Gasteiger partial charge is 0.352 e. The van der Waals surface area contributed by atoms with Crippen LogP contribution in [0.4, 0.5) is 0 Å². The molecule has 0 saturated heterocycles. The van der Waals surface area contributed by atoms with Crippen LogP contribution in [0, 0.1) is 0 Å². The first kappa shape index (κ1) is 9.87. The van der Waals surface area contributed by atoms with E-state index < -0.39 is 11.6 Å². The molecule has 0 bridgehead atoms. The third-order valence-electron chi connectivity index (χ3n) is 1.85. The summed E-state index contributed by atoms with van der Waals surface area (Å²) in [7, 11) is 1.40. The molecule has 80 valence electrons. The Kier molecular flexibility index (Phi) is 2.15. The highest BCUT2D eigenvalue weighted by atomic mass is 16.2. The lowest BCUT2D eigenvalue weighted by Gasteiger charge is -1.94. The number of isocyanates is 1. The van der Waals surface area contributed by atoms with E-state index in [0.717, 1.165) is 21.5 Å². The molecule has 2 aromatic heterocycles. The fourth-order valence-corrected chi connectivity index (χ4v) is 1.13. The molecule has 0 aliphatic carbocycles. The lowest BCUT2D eigenvalue weighted by Crippen LogP contribution is -2.27. The van der Waals surface area contributed by atoms with Gasteiger partial charge in [0.05, 0.1) is 0 Å². The molecule has 0 unspecified atom stereocenters. The molecule has 2 aromatic rings. The van der Waals surface area contributed by atoms with Crippen LogP contribution >= 0.6 is 0 Å². The van der Waals surface area contributed by atoms with Gasteiger partial charge in [0, 0.05) is 7.05 Å². The number of fused-ring (bicyclic) bond motifs is 1. The van der Waals surface area contributed by atoms with Crippen molar-refractivity contribution in [3.05, 3.63) is 22.5 Å². The maximum atomic E-state index is 11.5. The third-order valence-corrected chi connectivity index (χ3v) is 1.85. The number of aliphatic imine (C=N–C) groups is 1. The van der Waals surface area contributed by atoms with Gasteiger partial charge in [-0.25, -0.2) is 19.0 Å². The van der Waals surface area contributed by atoms with Gasteiger partial charge in [-0.3, -0.25) is 4.79 Å². The van der Waals surface area contributed by atoms with Gasteiger partial charge in [0.25, 0.3) is 0 Å². The van der Waals surface area contributed by atoms with Gasteiger partial charge in [-0.15, -0.1) is 10.1 Å². The SMILES string of the molecule is Cn1nnc2c(C(=O)N=C=O)ncn2c1=O. The monoisotopic (exact) mass is 220 g/mol. The Balaban J connectivity index is 2.76. The van der Waals surface area contributed by atoms with Crippen molar-refractivity contribution in [2.75, 3.05) is 0 Å². The van der Waals surface area contributed by atoms with Crippen LogP contribution in [0.3, 0.4) is 0 Å². The smallest absolute Gasteiger partial charge is 0.264 e. The number of aromatic nitrogens is 5. The summed E-state index contributed by atoms with van der Waals surface area (Å²) in [5.74, 6) is -0.917. The van der Waals surface area contributed by atoms with E-state index in [2.05, 4.69) is 20.3 Å². The average molecular weight is 220 g/mol. The van der Waals surface area contributed by atoms with Crippen molar-refractivity contribution >= 4 is 17.6 Å². The quantitative estimate of drug-likeness (QED) is 0.418. The second-order valence-corrected chi connectivity index (χ2v) is 2.79. The molecule has 0 aliphatic heterocycles. The molecular weight excluding hydrogens is 216 g/mol. The average Bonchev–Trinajstić information content (AvgIpc) is 2.68. The Morgan fingerprint density at radius 3 is 3.00 bits per heavy atom. The lowest BCUT2D eigenvalue weighted by molar-refractivity contribution is 0.1000. The molecule has 9 nitrogen and oxygen atoms in total. The van der Waals surface area contributed by atoms with E-state index in [4.69, 9.17) is 0 Å². The molecule has 0 aliphatic rings. The highest BCUT2D eigenvalue weighted by Gasteiger charge is 2.16. The lowest BCUT2D eigenvalue weighted by atomic mass is 10.4. The first-order chi connectivity index (χ1) is 7.65. The summed E-state index contributed by atoms with van der Waals surface area (Å²) in [6.45, 7) is 0. The first-order valence-corrected chi connectivity index (χ1v) is 4.04. The van der Waals surface area contributed by atoms with Crippen LogP contribution in [-0.2, 0) is 11.8 Å². The van der Waals surface area contributed by atoms with Gasteiger partial charge in [-0.2, -0.15) is 4.68 Å². The van der Waals surface area contributed by atoms with Crippen molar-refractivity contribution < 1.29 is 9.59 Å². The maximum absolute atomic E-state index is 11.5. The van der Waals surface area contributed by atoms with Crippen molar-refractivity contribution in [2.24, 2.45) is 12.0 Å². The summed E-state index contributed by atoms with van der Waals surface area (Å²) in [5.41, 5.74) is -0.771. The van der Waals surface area contributed by atoms with Gasteiger partial charge in [-0.05, 0) is 0 Å². The van der Waals surface area contributed by atoms with Crippen molar-refractivity contribution in [3.8, 4) is 0 Å². The Bertz CT molecular complexity index is 677. The van der Waals surface area contributed by atoms with Crippen molar-refractivity contribution in [3.63, 3.8) is 0 Å². The highest BCUT2D eigenvalue weighted by Crippen LogP contribution is 2.03. The van der Waals surface area contributed by atoms with Crippen LogP contribution in [0.5, 0.6) is 0 Å². The number of carbonyl (C=O) groups excluding carboxylic acids is 2. The van der Waals surface area contributed by atoms with Gasteiger partial charge in [0.2, 0.25) is 6.08 Å². The van der Waals surface area contributed by atoms with E-state index in [1.165, 1.54) is 7.05 Å². The molecule has 0 fully saturated rings. The highest BCUT2D eigenvalue weighted by molar-refractivity contribution is 6.00. The molecule has 0 aromatic carbocycles. The van der Waals surface area contributed by atoms with Gasteiger partial charge >= 0.3 is 11.6 Å². The Labute approximate surface area is 87.0 Å². The third kappa shape index (κ3) is 1.31. The van der Waals surface area contributed by atoms with Crippen LogP contribution in [-0.4, -0.2) is 36.4 Å². The van der Waals surface area contributed by atoms with Gasteiger partial charge in [-0.1, -0.05) is 5.21 Å². The van der Waals surface area contributed by atoms with E-state index in [1.807, 2.05) is 0 Å². The second-order valence-electron chi connectivity index (χ2n) is 2.79. The number of aryl methyl sites for hydroxylation is 1. The van der Waals surface area contributed by atoms with Crippen LogP contribution in [0.1, 0.15) is 10.5 Å². The molecule has 2 rings (SSSR count). The summed E-state index contributed by atoms with van der Waals surface area (Å²) < 4.78 is 2.01. The number of hydrogen-bond donors (Lipinski definition) is 0. The standard InChI is InChI=1S/C7H4N6O3/c1-12-7(16)13-2-8-4(5(13)10-11-12)6(15)9-3-14/h2H,1H3. The summed E-state index contributed by atoms with van der Waals surface area (Å²) in [5, 5.41) is 7.09. The number of nitrogens with zero attached hydrogens (tertiary/aromatic N) is 6. The molecule has 9 heteroatoms. The summed E-state index contributed by atoms with van der Waals surface area (Å²) >= 11 is 0. The van der Waals surface area contributed by atoms with Crippen LogP contribution in [0.25, 0.3) is 5.65 Å². The molecule has 1 amide bonds. The predicted octanol–water partition coefficient (Wildman–Crippen LogP) is -1.70. The Hall–Kier alpha value is -2.67. The normalized spacial score (nSPS) is 10.1. The predicted molar refractivity (Wildman–Crippen MR) is 48.5 cm³/mol. The zero-order chi connectivity index (χ0) is 11.7. The van der Waals surface area contributed by atoms with Crippen LogP contribution in [0.2, 0.25) is 0 Å². The molecule has 16 heavy (non-hydrogen) atoms. The van der Waals surface area contributed by atoms with E-state index in [0.29, 0.717) is 0 Å². The maximum Gasteiger partial charge on any atom is 0.352 e. The van der Waals surface area contributed by atoms with E-state index in [1.54, 1.807) is 0 Å². The van der Waals surface area contributed by atoms with Crippen LogP contribution in [0.15, 0.2) is 16.1 Å². The topological polar surface area (TPSA) is 112 Å². The summed E-state index contributed by atoms with van der Waals surface area (Å²) in [4.78, 5) is 39.2. The zero-order valence-corrected chi connectivity index (χ0v) is 7.99. The van der Waals surface area contributed by atoms with E-state index in [-0.39, 0.29) is 11.3 Å². The van der Waals surface area contributed by atoms with E-state index in [9.17, 15) is 14.4 Å². The fraction of sp³-hybridized carbons (Fsp3) is 0.143. The minimum Gasteiger partial charge on any atom is -0.264 e. The zero-order valence-electron chi connectivity index (χ0n) is 7.99. The number of amides is 1. The molecule has 0 spiro atoms. The Morgan fingerprint density at radius 1 is 1.56 bits per heavy atom. The minimum atomic E-state index is -0.917. The van der Waals surface area contributed by atoms with Gasteiger partial charge < -0.3 is 0 Å². The number of imidazole rings is 1. The van der Waals surface area contributed by atoms with Crippen molar-refractivity contribution in [1.29, 1.82) is 0 Å². The number of hydrogen-bond acceptors (Lipinski definition) is 6. The fourth-order valence-electron chi connectivity index (χ4n) is 1.13. The number of carbonyl (C=O) groups is 1. The number of rotatable bonds is 1. The van der Waals surface area contributed by atoms with Crippen molar-refractivity contribution in [1.82, 2.24) is 24.4 Å². The molecule has 0 radical (unpaired) electrons. The molecule has 0 saturated carbocycles. The summed E-state index contributed by atoms with van der Waals surface area (Å²) in [6.07, 6.45) is 2.20. The Morgan fingerprint density at radius 2 is 2.31 bits per heavy atom. The van der Waals surface area contributed by atoms with E-state index >= 15 is 0 Å². The summed E-state index contributed by atoms with van der Waals surface area (Å²) in [6, 6.07) is 0. The van der Waals surface area contributed by atoms with Crippen LogP contribution < -0.4 is 5.69 Å². The first-order valence-electron chi connectivity index (χ1n) is 4.04. The van der Waals surface area contributed by atoms with Gasteiger partial charge in [0.1, 0.15) is 6.33 Å². The molecular formula is C7H4N6O3. The molecule has 2 heterocycles.